The van der Waals surface area contributed by atoms with E-state index in [9.17, 15) is 5.26 Å². The Morgan fingerprint density at radius 3 is 1.69 bits per heavy atom. The summed E-state index contributed by atoms with van der Waals surface area (Å²) in [7, 11) is 0. The highest BCUT2D eigenvalue weighted by Gasteiger charge is 2.61. The normalized spacial score (nSPS) is 24.3. The lowest BCUT2D eigenvalue weighted by Crippen LogP contribution is -2.55. The summed E-state index contributed by atoms with van der Waals surface area (Å²) < 4.78 is 0. The first-order chi connectivity index (χ1) is 23.7. The molecule has 1 heterocycles. The van der Waals surface area contributed by atoms with E-state index in [1.165, 1.54) is 48.8 Å². The van der Waals surface area contributed by atoms with Crippen LogP contribution in [0.15, 0.2) is 121 Å². The van der Waals surface area contributed by atoms with Gasteiger partial charge in [-0.1, -0.05) is 109 Å². The van der Waals surface area contributed by atoms with Crippen molar-refractivity contribution >= 4 is 0 Å². The van der Waals surface area contributed by atoms with Crippen molar-refractivity contribution < 1.29 is 0 Å². The Balaban J connectivity index is 1.10. The van der Waals surface area contributed by atoms with Gasteiger partial charge in [0.1, 0.15) is 0 Å². The number of hydrogen-bond donors (Lipinski definition) is 0. The standard InChI is InChI=1S/C44H34N4/c45-26-33-10-4-5-11-36(33)29-14-16-31(17-15-29)42-46-41(30-8-2-1-3-9-30)47-43(48-42)32-18-19-40-38(25-32)37-12-6-7-13-39(37)44(40)34-21-27-20-28(23-34)24-35(44)22-27/h1-19,25,27-28,34-35H,20-24H2. The molecule has 6 aromatic rings. The van der Waals surface area contributed by atoms with Gasteiger partial charge < -0.3 is 0 Å². The molecule has 5 aliphatic rings. The highest BCUT2D eigenvalue weighted by atomic mass is 15.0. The second kappa shape index (κ2) is 10.6. The number of benzene rings is 5. The van der Waals surface area contributed by atoms with Gasteiger partial charge in [0.15, 0.2) is 17.5 Å². The van der Waals surface area contributed by atoms with Gasteiger partial charge in [0, 0.05) is 22.1 Å². The minimum atomic E-state index is 0.142. The first-order valence-electron chi connectivity index (χ1n) is 17.3. The van der Waals surface area contributed by atoms with Crippen molar-refractivity contribution in [1.29, 1.82) is 5.26 Å². The Kier molecular flexibility index (Phi) is 6.09. The van der Waals surface area contributed by atoms with E-state index in [1.807, 2.05) is 66.7 Å². The van der Waals surface area contributed by atoms with Gasteiger partial charge in [-0.3, -0.25) is 0 Å². The molecule has 5 aromatic carbocycles. The van der Waals surface area contributed by atoms with Crippen LogP contribution < -0.4 is 0 Å². The lowest BCUT2D eigenvalue weighted by molar-refractivity contribution is -0.0399. The maximum atomic E-state index is 9.65. The Labute approximate surface area is 281 Å². The van der Waals surface area contributed by atoms with Crippen LogP contribution >= 0.6 is 0 Å². The van der Waals surface area contributed by atoms with E-state index in [1.54, 1.807) is 5.56 Å². The van der Waals surface area contributed by atoms with E-state index < -0.39 is 0 Å². The zero-order valence-corrected chi connectivity index (χ0v) is 26.7. The number of nitrogens with zero attached hydrogens (tertiary/aromatic N) is 4. The van der Waals surface area contributed by atoms with E-state index in [-0.39, 0.29) is 5.41 Å². The van der Waals surface area contributed by atoms with Gasteiger partial charge in [0.25, 0.3) is 0 Å². The SMILES string of the molecule is N#Cc1ccccc1-c1ccc(-c2nc(-c3ccccc3)nc(-c3ccc4c(c3)-c3ccccc3C43C4CC5CC(C4)CC3C5)n2)cc1. The summed E-state index contributed by atoms with van der Waals surface area (Å²) in [5, 5.41) is 9.65. The van der Waals surface area contributed by atoms with Crippen molar-refractivity contribution in [2.24, 2.45) is 23.7 Å². The van der Waals surface area contributed by atoms with Crippen LogP contribution in [0.25, 0.3) is 56.4 Å². The van der Waals surface area contributed by atoms with Crippen LogP contribution in [0.2, 0.25) is 0 Å². The summed E-state index contributed by atoms with van der Waals surface area (Å²) in [6.07, 6.45) is 6.96. The monoisotopic (exact) mass is 618 g/mol. The number of nitriles is 1. The van der Waals surface area contributed by atoms with Gasteiger partial charge in [-0.25, -0.2) is 15.0 Å². The fraction of sp³-hybridized carbons (Fsp3) is 0.227. The molecule has 0 amide bonds. The number of rotatable bonds is 4. The lowest BCUT2D eigenvalue weighted by atomic mass is 9.43. The van der Waals surface area contributed by atoms with Crippen LogP contribution in [0.5, 0.6) is 0 Å². The van der Waals surface area contributed by atoms with Gasteiger partial charge in [0.05, 0.1) is 11.6 Å². The third-order valence-corrected chi connectivity index (χ3v) is 12.0. The molecule has 48 heavy (non-hydrogen) atoms. The first kappa shape index (κ1) is 27.7. The average Bonchev–Trinajstić information content (AvgIpc) is 3.44. The van der Waals surface area contributed by atoms with Gasteiger partial charge in [-0.2, -0.15) is 5.26 Å². The smallest absolute Gasteiger partial charge is 0.164 e. The van der Waals surface area contributed by atoms with Gasteiger partial charge in [0.2, 0.25) is 0 Å². The zero-order valence-electron chi connectivity index (χ0n) is 26.7. The molecule has 11 rings (SSSR count). The van der Waals surface area contributed by atoms with Crippen molar-refractivity contribution in [3.05, 3.63) is 138 Å². The van der Waals surface area contributed by atoms with E-state index in [0.717, 1.165) is 51.5 Å². The second-order valence-electron chi connectivity index (χ2n) is 14.4. The molecule has 4 fully saturated rings. The predicted octanol–water partition coefficient (Wildman–Crippen LogP) is 10.1. The molecule has 0 N–H and O–H groups in total. The molecule has 1 aromatic heterocycles. The molecule has 4 heteroatoms. The van der Waals surface area contributed by atoms with Gasteiger partial charge >= 0.3 is 0 Å². The summed E-state index contributed by atoms with van der Waals surface area (Å²) in [4.78, 5) is 15.2. The van der Waals surface area contributed by atoms with E-state index in [2.05, 4.69) is 60.7 Å². The predicted molar refractivity (Wildman–Crippen MR) is 190 cm³/mol. The highest BCUT2D eigenvalue weighted by Crippen LogP contribution is 2.69. The molecular formula is C44H34N4. The fourth-order valence-electron chi connectivity index (χ4n) is 10.3. The van der Waals surface area contributed by atoms with Crippen molar-refractivity contribution in [2.45, 2.75) is 37.5 Å². The van der Waals surface area contributed by atoms with Crippen LogP contribution in [0.1, 0.15) is 48.8 Å². The molecule has 0 radical (unpaired) electrons. The minimum absolute atomic E-state index is 0.142. The largest absolute Gasteiger partial charge is 0.208 e. The Bertz CT molecular complexity index is 2240. The second-order valence-corrected chi connectivity index (χ2v) is 14.4. The molecule has 4 saturated carbocycles. The number of aromatic nitrogens is 3. The number of hydrogen-bond acceptors (Lipinski definition) is 4. The molecular weight excluding hydrogens is 585 g/mol. The minimum Gasteiger partial charge on any atom is -0.208 e. The Hall–Kier alpha value is -5.40. The van der Waals surface area contributed by atoms with Crippen LogP contribution in [0.3, 0.4) is 0 Å². The summed E-state index contributed by atoms with van der Waals surface area (Å²) in [6, 6.07) is 44.7. The maximum Gasteiger partial charge on any atom is 0.164 e. The maximum absolute atomic E-state index is 9.65. The van der Waals surface area contributed by atoms with Gasteiger partial charge in [-0.15, -0.1) is 0 Å². The lowest BCUT2D eigenvalue weighted by Gasteiger charge is -2.61. The van der Waals surface area contributed by atoms with Crippen molar-refractivity contribution in [3.8, 4) is 62.5 Å². The molecule has 0 unspecified atom stereocenters. The van der Waals surface area contributed by atoms with E-state index in [0.29, 0.717) is 23.0 Å². The Morgan fingerprint density at radius 2 is 1.00 bits per heavy atom. The van der Waals surface area contributed by atoms with E-state index >= 15 is 0 Å². The third-order valence-electron chi connectivity index (χ3n) is 12.0. The van der Waals surface area contributed by atoms with E-state index in [4.69, 9.17) is 15.0 Å². The first-order valence-corrected chi connectivity index (χ1v) is 17.3. The van der Waals surface area contributed by atoms with Crippen LogP contribution in [-0.4, -0.2) is 15.0 Å². The van der Waals surface area contributed by atoms with Crippen molar-refractivity contribution in [1.82, 2.24) is 15.0 Å². The van der Waals surface area contributed by atoms with Crippen molar-refractivity contribution in [3.63, 3.8) is 0 Å². The molecule has 0 atom stereocenters. The fourth-order valence-corrected chi connectivity index (χ4v) is 10.3. The molecule has 230 valence electrons. The topological polar surface area (TPSA) is 62.5 Å². The summed E-state index contributed by atoms with van der Waals surface area (Å²) in [6.45, 7) is 0. The molecule has 0 saturated heterocycles. The highest BCUT2D eigenvalue weighted by molar-refractivity contribution is 5.85. The van der Waals surface area contributed by atoms with Crippen LogP contribution in [0.4, 0.5) is 0 Å². The third kappa shape index (κ3) is 4.04. The molecule has 1 spiro atoms. The molecule has 4 bridgehead atoms. The molecule has 4 nitrogen and oxygen atoms in total. The molecule has 5 aliphatic carbocycles. The Morgan fingerprint density at radius 1 is 0.479 bits per heavy atom. The average molecular weight is 619 g/mol. The quantitative estimate of drug-likeness (QED) is 0.197. The zero-order chi connectivity index (χ0) is 31.8. The summed E-state index contributed by atoms with van der Waals surface area (Å²) >= 11 is 0. The van der Waals surface area contributed by atoms with Gasteiger partial charge in [-0.05, 0) is 101 Å². The van der Waals surface area contributed by atoms with Crippen LogP contribution in [0, 0.1) is 35.0 Å². The molecule has 0 aliphatic heterocycles. The van der Waals surface area contributed by atoms with Crippen molar-refractivity contribution in [2.75, 3.05) is 0 Å². The van der Waals surface area contributed by atoms with Crippen LogP contribution in [-0.2, 0) is 5.41 Å². The number of fused-ring (bicyclic) bond motifs is 3. The summed E-state index contributed by atoms with van der Waals surface area (Å²) in [5.41, 5.74) is 11.5. The summed E-state index contributed by atoms with van der Waals surface area (Å²) in [5.74, 6) is 5.29.